The largest absolute Gasteiger partial charge is 0.393 e. The molecule has 5 aliphatic rings. The Balaban J connectivity index is 1.61. The summed E-state index contributed by atoms with van der Waals surface area (Å²) in [6.45, 7) is 19.6. The molecule has 5 rings (SSSR count). The summed E-state index contributed by atoms with van der Waals surface area (Å²) < 4.78 is 0. The normalized spacial score (nSPS) is 56.2. The zero-order chi connectivity index (χ0) is 23.5. The molecule has 0 radical (unpaired) electrons. The fourth-order valence-corrected chi connectivity index (χ4v) is 10.6. The molecule has 0 aromatic rings. The van der Waals surface area contributed by atoms with Gasteiger partial charge >= 0.3 is 0 Å². The van der Waals surface area contributed by atoms with Crippen molar-refractivity contribution in [3.8, 4) is 0 Å². The maximum atomic E-state index is 11.9. The van der Waals surface area contributed by atoms with Crippen LogP contribution in [0.3, 0.4) is 0 Å². The molecule has 9 atom stereocenters. The molecule has 182 valence electrons. The first-order chi connectivity index (χ1) is 14.6. The molecule has 0 aromatic carbocycles. The SMILES string of the molecule is CC1(C)CC[C@]2(C)C[C@H](O)[C@]3(C)C(=CC[C@@H]4[C@@]5(C)CC[C@H](O)C(C)(C)[C@@H]5CC[C@]43C)[C@H]2C1. The van der Waals surface area contributed by atoms with Crippen molar-refractivity contribution in [1.82, 2.24) is 0 Å². The van der Waals surface area contributed by atoms with Gasteiger partial charge in [-0.15, -0.1) is 0 Å². The molecule has 0 amide bonds. The third-order valence-electron chi connectivity index (χ3n) is 13.1. The molecule has 0 heterocycles. The van der Waals surface area contributed by atoms with Crippen LogP contribution in [0, 0.1) is 50.2 Å². The van der Waals surface area contributed by atoms with Crippen molar-refractivity contribution in [3.05, 3.63) is 11.6 Å². The minimum Gasteiger partial charge on any atom is -0.393 e. The van der Waals surface area contributed by atoms with Gasteiger partial charge in [0.15, 0.2) is 0 Å². The predicted molar refractivity (Wildman–Crippen MR) is 132 cm³/mol. The number of aliphatic hydroxyl groups excluding tert-OH is 2. The van der Waals surface area contributed by atoms with Gasteiger partial charge in [0.25, 0.3) is 0 Å². The van der Waals surface area contributed by atoms with Crippen molar-refractivity contribution in [1.29, 1.82) is 0 Å². The Hall–Kier alpha value is -0.340. The van der Waals surface area contributed by atoms with Crippen LogP contribution >= 0.6 is 0 Å². The summed E-state index contributed by atoms with van der Waals surface area (Å²) in [6, 6.07) is 0. The van der Waals surface area contributed by atoms with E-state index in [0.717, 1.165) is 19.3 Å². The summed E-state index contributed by atoms with van der Waals surface area (Å²) in [5, 5.41) is 22.8. The summed E-state index contributed by atoms with van der Waals surface area (Å²) in [4.78, 5) is 0. The van der Waals surface area contributed by atoms with Crippen LogP contribution in [-0.2, 0) is 0 Å². The van der Waals surface area contributed by atoms with Crippen LogP contribution in [0.15, 0.2) is 11.6 Å². The van der Waals surface area contributed by atoms with E-state index < -0.39 is 0 Å². The lowest BCUT2D eigenvalue weighted by Crippen LogP contribution is -2.67. The van der Waals surface area contributed by atoms with Gasteiger partial charge in [0.2, 0.25) is 0 Å². The number of aliphatic hydroxyl groups is 2. The van der Waals surface area contributed by atoms with E-state index in [-0.39, 0.29) is 39.3 Å². The first kappa shape index (κ1) is 23.4. The van der Waals surface area contributed by atoms with Crippen LogP contribution in [0.25, 0.3) is 0 Å². The molecule has 0 aromatic heterocycles. The molecule has 0 spiro atoms. The Bertz CT molecular complexity index is 825. The van der Waals surface area contributed by atoms with Gasteiger partial charge in [-0.1, -0.05) is 67.0 Å². The van der Waals surface area contributed by atoms with Gasteiger partial charge in [-0.2, -0.15) is 0 Å². The number of fused-ring (bicyclic) bond motifs is 7. The molecule has 2 N–H and O–H groups in total. The average molecular weight is 443 g/mol. The summed E-state index contributed by atoms with van der Waals surface area (Å²) in [7, 11) is 0. The Morgan fingerprint density at radius 3 is 2.12 bits per heavy atom. The van der Waals surface area contributed by atoms with E-state index in [1.165, 1.54) is 38.5 Å². The number of hydrogen-bond acceptors (Lipinski definition) is 2. The molecule has 0 aliphatic heterocycles. The Morgan fingerprint density at radius 2 is 1.44 bits per heavy atom. The fourth-order valence-electron chi connectivity index (χ4n) is 10.6. The Kier molecular flexibility index (Phi) is 4.87. The highest BCUT2D eigenvalue weighted by Gasteiger charge is 2.69. The van der Waals surface area contributed by atoms with E-state index in [1.54, 1.807) is 5.57 Å². The topological polar surface area (TPSA) is 40.5 Å². The lowest BCUT2D eigenvalue weighted by Gasteiger charge is -2.72. The second-order valence-corrected chi connectivity index (χ2v) is 15.3. The van der Waals surface area contributed by atoms with Crippen molar-refractivity contribution in [2.75, 3.05) is 0 Å². The Morgan fingerprint density at radius 1 is 0.750 bits per heavy atom. The van der Waals surface area contributed by atoms with Gasteiger partial charge in [0.1, 0.15) is 0 Å². The molecule has 4 saturated carbocycles. The number of allylic oxidation sites excluding steroid dienone is 1. The second kappa shape index (κ2) is 6.66. The lowest BCUT2D eigenvalue weighted by molar-refractivity contribution is -0.223. The Labute approximate surface area is 197 Å². The van der Waals surface area contributed by atoms with Gasteiger partial charge in [0.05, 0.1) is 12.2 Å². The molecule has 0 unspecified atom stereocenters. The van der Waals surface area contributed by atoms with E-state index in [2.05, 4.69) is 61.5 Å². The summed E-state index contributed by atoms with van der Waals surface area (Å²) in [6.07, 6.45) is 12.6. The average Bonchev–Trinajstić information content (AvgIpc) is 2.68. The molecule has 0 saturated heterocycles. The van der Waals surface area contributed by atoms with E-state index in [0.29, 0.717) is 23.2 Å². The van der Waals surface area contributed by atoms with Crippen LogP contribution in [0.5, 0.6) is 0 Å². The van der Waals surface area contributed by atoms with Crippen LogP contribution in [0.4, 0.5) is 0 Å². The molecule has 5 aliphatic carbocycles. The third kappa shape index (κ3) is 2.72. The maximum Gasteiger partial charge on any atom is 0.0641 e. The van der Waals surface area contributed by atoms with Gasteiger partial charge in [-0.3, -0.25) is 0 Å². The molecule has 32 heavy (non-hydrogen) atoms. The van der Waals surface area contributed by atoms with E-state index in [1.807, 2.05) is 0 Å². The van der Waals surface area contributed by atoms with Gasteiger partial charge in [0, 0.05) is 5.41 Å². The third-order valence-corrected chi connectivity index (χ3v) is 13.1. The fraction of sp³-hybridized carbons (Fsp3) is 0.933. The van der Waals surface area contributed by atoms with Crippen LogP contribution in [0.1, 0.15) is 113 Å². The molecule has 0 bridgehead atoms. The van der Waals surface area contributed by atoms with E-state index in [4.69, 9.17) is 0 Å². The molecule has 4 fully saturated rings. The highest BCUT2D eigenvalue weighted by Crippen LogP contribution is 2.75. The van der Waals surface area contributed by atoms with Crippen LogP contribution in [-0.4, -0.2) is 22.4 Å². The molecule has 2 heteroatoms. The van der Waals surface area contributed by atoms with Crippen molar-refractivity contribution < 1.29 is 10.2 Å². The van der Waals surface area contributed by atoms with Crippen LogP contribution < -0.4 is 0 Å². The smallest absolute Gasteiger partial charge is 0.0641 e. The van der Waals surface area contributed by atoms with Crippen molar-refractivity contribution in [2.24, 2.45) is 50.2 Å². The summed E-state index contributed by atoms with van der Waals surface area (Å²) >= 11 is 0. The van der Waals surface area contributed by atoms with Crippen molar-refractivity contribution >= 4 is 0 Å². The van der Waals surface area contributed by atoms with Gasteiger partial charge < -0.3 is 10.2 Å². The summed E-state index contributed by atoms with van der Waals surface area (Å²) in [5.74, 6) is 1.77. The monoisotopic (exact) mass is 442 g/mol. The van der Waals surface area contributed by atoms with Gasteiger partial charge in [-0.05, 0) is 103 Å². The van der Waals surface area contributed by atoms with Crippen molar-refractivity contribution in [2.45, 2.75) is 125 Å². The van der Waals surface area contributed by atoms with Gasteiger partial charge in [-0.25, -0.2) is 0 Å². The summed E-state index contributed by atoms with van der Waals surface area (Å²) in [5.41, 5.74) is 2.51. The highest BCUT2D eigenvalue weighted by atomic mass is 16.3. The predicted octanol–water partition coefficient (Wildman–Crippen LogP) is 7.14. The number of rotatable bonds is 0. The first-order valence-corrected chi connectivity index (χ1v) is 13.7. The zero-order valence-electron chi connectivity index (χ0n) is 22.2. The highest BCUT2D eigenvalue weighted by molar-refractivity contribution is 5.35. The zero-order valence-corrected chi connectivity index (χ0v) is 22.2. The number of hydrogen-bond donors (Lipinski definition) is 2. The second-order valence-electron chi connectivity index (χ2n) is 15.3. The molecule has 2 nitrogen and oxygen atoms in total. The van der Waals surface area contributed by atoms with Crippen molar-refractivity contribution in [3.63, 3.8) is 0 Å². The maximum absolute atomic E-state index is 11.9. The first-order valence-electron chi connectivity index (χ1n) is 13.7. The standard InChI is InChI=1S/C30H50O2/c1-25(2)15-16-27(5)18-24(32)30(8)19(20(27)17-25)9-10-22-28(6)13-12-23(31)26(3,4)21(28)11-14-29(22,30)7/h9,20-24,31-32H,10-18H2,1-8H3/t20-,21+,22-,23+,24+,27-,28+,29-,30+/m1/s1. The lowest BCUT2D eigenvalue weighted by atomic mass is 9.33. The van der Waals surface area contributed by atoms with Crippen LogP contribution in [0.2, 0.25) is 0 Å². The molecular weight excluding hydrogens is 392 g/mol. The van der Waals surface area contributed by atoms with E-state index >= 15 is 0 Å². The van der Waals surface area contributed by atoms with E-state index in [9.17, 15) is 10.2 Å². The minimum atomic E-state index is -0.244. The molecular formula is C30H50O2. The minimum absolute atomic E-state index is 0.0175. The quantitative estimate of drug-likeness (QED) is 0.391.